The molecule has 2 nitrogen and oxygen atoms in total. The normalized spacial score (nSPS) is 17.6. The summed E-state index contributed by atoms with van der Waals surface area (Å²) >= 11 is 1.85. The van der Waals surface area contributed by atoms with E-state index >= 15 is 0 Å². The third-order valence-electron chi connectivity index (χ3n) is 3.50. The Labute approximate surface area is 115 Å². The predicted molar refractivity (Wildman–Crippen MR) is 79.2 cm³/mol. The van der Waals surface area contributed by atoms with E-state index in [9.17, 15) is 0 Å². The van der Waals surface area contributed by atoms with Gasteiger partial charge >= 0.3 is 0 Å². The van der Waals surface area contributed by atoms with E-state index in [-0.39, 0.29) is 0 Å². The molecule has 3 heteroatoms. The molecule has 0 fully saturated rings. The highest BCUT2D eigenvalue weighted by Gasteiger charge is 2.21. The van der Waals surface area contributed by atoms with E-state index in [1.807, 2.05) is 11.3 Å². The fourth-order valence-electron chi connectivity index (χ4n) is 2.62. The maximum absolute atomic E-state index is 4.59. The monoisotopic (exact) mass is 264 g/mol. The first kappa shape index (κ1) is 13.8. The Morgan fingerprint density at radius 1 is 1.39 bits per heavy atom. The molecule has 100 valence electrons. The van der Waals surface area contributed by atoms with Crippen LogP contribution in [0.15, 0.2) is 11.6 Å². The van der Waals surface area contributed by atoms with Crippen molar-refractivity contribution in [3.63, 3.8) is 0 Å². The average Bonchev–Trinajstić information content (AvgIpc) is 2.70. The summed E-state index contributed by atoms with van der Waals surface area (Å²) in [5.74, 6) is 0. The Kier molecular flexibility index (Phi) is 4.95. The number of nitrogens with zero attached hydrogens (tertiary/aromatic N) is 1. The topological polar surface area (TPSA) is 24.9 Å². The SMILES string of the molecule is CCCNC(C1=CCCCC1)c1sc(C)nc1C. The van der Waals surface area contributed by atoms with Gasteiger partial charge in [-0.05, 0) is 52.5 Å². The molecular formula is C15H24N2S. The fraction of sp³-hybridized carbons (Fsp3) is 0.667. The summed E-state index contributed by atoms with van der Waals surface area (Å²) in [5.41, 5.74) is 2.79. The lowest BCUT2D eigenvalue weighted by Gasteiger charge is -2.24. The van der Waals surface area contributed by atoms with Gasteiger partial charge in [0.2, 0.25) is 0 Å². The highest BCUT2D eigenvalue weighted by atomic mass is 32.1. The van der Waals surface area contributed by atoms with Crippen molar-refractivity contribution in [2.75, 3.05) is 6.54 Å². The number of aryl methyl sites for hydroxylation is 2. The van der Waals surface area contributed by atoms with Crippen molar-refractivity contribution >= 4 is 11.3 Å². The second-order valence-electron chi connectivity index (χ2n) is 5.09. The number of hydrogen-bond donors (Lipinski definition) is 1. The van der Waals surface area contributed by atoms with E-state index in [1.165, 1.54) is 47.7 Å². The molecule has 0 bridgehead atoms. The summed E-state index contributed by atoms with van der Waals surface area (Å²) in [7, 11) is 0. The zero-order valence-corrected chi connectivity index (χ0v) is 12.6. The Balaban J connectivity index is 2.23. The van der Waals surface area contributed by atoms with Crippen LogP contribution >= 0.6 is 11.3 Å². The summed E-state index contributed by atoms with van der Waals surface area (Å²) < 4.78 is 0. The van der Waals surface area contributed by atoms with E-state index in [1.54, 1.807) is 5.57 Å². The molecule has 0 aliphatic heterocycles. The number of rotatable bonds is 5. The fourth-order valence-corrected chi connectivity index (χ4v) is 3.67. The quantitative estimate of drug-likeness (QED) is 0.802. The maximum Gasteiger partial charge on any atom is 0.0900 e. The molecule has 1 N–H and O–H groups in total. The van der Waals surface area contributed by atoms with Crippen molar-refractivity contribution in [2.24, 2.45) is 0 Å². The Bertz CT molecular complexity index is 420. The third-order valence-corrected chi connectivity index (χ3v) is 4.63. The minimum atomic E-state index is 0.413. The van der Waals surface area contributed by atoms with Crippen LogP contribution in [0.4, 0.5) is 0 Å². The molecular weight excluding hydrogens is 240 g/mol. The Morgan fingerprint density at radius 3 is 2.78 bits per heavy atom. The van der Waals surface area contributed by atoms with Gasteiger partial charge in [-0.15, -0.1) is 11.3 Å². The lowest BCUT2D eigenvalue weighted by molar-refractivity contribution is 0.550. The van der Waals surface area contributed by atoms with Gasteiger partial charge in [0.05, 0.1) is 16.7 Å². The van der Waals surface area contributed by atoms with Crippen LogP contribution in [-0.4, -0.2) is 11.5 Å². The smallest absolute Gasteiger partial charge is 0.0900 e. The van der Waals surface area contributed by atoms with Crippen LogP contribution < -0.4 is 5.32 Å². The van der Waals surface area contributed by atoms with Crippen LogP contribution in [-0.2, 0) is 0 Å². The Morgan fingerprint density at radius 2 is 2.22 bits per heavy atom. The van der Waals surface area contributed by atoms with Crippen LogP contribution in [0.3, 0.4) is 0 Å². The van der Waals surface area contributed by atoms with Crippen molar-refractivity contribution in [3.8, 4) is 0 Å². The lowest BCUT2D eigenvalue weighted by Crippen LogP contribution is -2.24. The molecule has 0 amide bonds. The van der Waals surface area contributed by atoms with E-state index < -0.39 is 0 Å². The van der Waals surface area contributed by atoms with Crippen LogP contribution in [0.25, 0.3) is 0 Å². The van der Waals surface area contributed by atoms with Crippen molar-refractivity contribution in [3.05, 3.63) is 27.2 Å². The molecule has 1 aliphatic carbocycles. The molecule has 1 heterocycles. The predicted octanol–water partition coefficient (Wildman–Crippen LogP) is 4.30. The number of allylic oxidation sites excluding steroid dienone is 1. The molecule has 1 aromatic rings. The van der Waals surface area contributed by atoms with Gasteiger partial charge in [-0.25, -0.2) is 4.98 Å². The van der Waals surface area contributed by atoms with Gasteiger partial charge < -0.3 is 5.32 Å². The van der Waals surface area contributed by atoms with Gasteiger partial charge in [0.25, 0.3) is 0 Å². The second-order valence-corrected chi connectivity index (χ2v) is 6.33. The summed E-state index contributed by atoms with van der Waals surface area (Å²) in [6.07, 6.45) is 8.82. The largest absolute Gasteiger partial charge is 0.306 e. The first-order chi connectivity index (χ1) is 8.72. The molecule has 0 saturated heterocycles. The van der Waals surface area contributed by atoms with Crippen LogP contribution in [0.2, 0.25) is 0 Å². The summed E-state index contributed by atoms with van der Waals surface area (Å²) in [4.78, 5) is 6.01. The zero-order valence-electron chi connectivity index (χ0n) is 11.8. The summed E-state index contributed by atoms with van der Waals surface area (Å²) in [5, 5.41) is 4.89. The minimum Gasteiger partial charge on any atom is -0.306 e. The lowest BCUT2D eigenvalue weighted by atomic mass is 9.92. The molecule has 0 spiro atoms. The van der Waals surface area contributed by atoms with Gasteiger partial charge in [0.1, 0.15) is 0 Å². The van der Waals surface area contributed by atoms with Gasteiger partial charge in [-0.2, -0.15) is 0 Å². The Hall–Kier alpha value is -0.670. The van der Waals surface area contributed by atoms with Gasteiger partial charge in [-0.3, -0.25) is 0 Å². The van der Waals surface area contributed by atoms with Crippen molar-refractivity contribution in [2.45, 2.75) is 58.9 Å². The summed E-state index contributed by atoms with van der Waals surface area (Å²) in [6, 6.07) is 0.413. The highest BCUT2D eigenvalue weighted by Crippen LogP contribution is 2.34. The van der Waals surface area contributed by atoms with Gasteiger partial charge in [0.15, 0.2) is 0 Å². The first-order valence-electron chi connectivity index (χ1n) is 7.08. The summed E-state index contributed by atoms with van der Waals surface area (Å²) in [6.45, 7) is 7.55. The maximum atomic E-state index is 4.59. The molecule has 1 aliphatic rings. The number of nitrogens with one attached hydrogen (secondary N) is 1. The second kappa shape index (κ2) is 6.48. The number of hydrogen-bond acceptors (Lipinski definition) is 3. The van der Waals surface area contributed by atoms with Crippen molar-refractivity contribution in [1.82, 2.24) is 10.3 Å². The minimum absolute atomic E-state index is 0.413. The molecule has 0 radical (unpaired) electrons. The molecule has 1 unspecified atom stereocenters. The van der Waals surface area contributed by atoms with E-state index in [4.69, 9.17) is 0 Å². The zero-order chi connectivity index (χ0) is 13.0. The van der Waals surface area contributed by atoms with Crippen LogP contribution in [0.1, 0.15) is 60.6 Å². The van der Waals surface area contributed by atoms with Gasteiger partial charge in [-0.1, -0.05) is 18.6 Å². The van der Waals surface area contributed by atoms with Crippen molar-refractivity contribution < 1.29 is 0 Å². The molecule has 2 rings (SSSR count). The third kappa shape index (κ3) is 3.21. The van der Waals surface area contributed by atoms with Gasteiger partial charge in [0, 0.05) is 4.88 Å². The van der Waals surface area contributed by atoms with Crippen molar-refractivity contribution in [1.29, 1.82) is 0 Å². The number of thiazole rings is 1. The van der Waals surface area contributed by atoms with E-state index in [0.29, 0.717) is 6.04 Å². The van der Waals surface area contributed by atoms with E-state index in [2.05, 4.69) is 37.1 Å². The molecule has 18 heavy (non-hydrogen) atoms. The first-order valence-corrected chi connectivity index (χ1v) is 7.90. The van der Waals surface area contributed by atoms with Crippen LogP contribution in [0.5, 0.6) is 0 Å². The number of aromatic nitrogens is 1. The standard InChI is InChI=1S/C15H24N2S/c1-4-10-16-14(13-8-6-5-7-9-13)15-11(2)17-12(3)18-15/h8,14,16H,4-7,9-10H2,1-3H3. The molecule has 1 aromatic heterocycles. The van der Waals surface area contributed by atoms with E-state index in [0.717, 1.165) is 6.54 Å². The molecule has 1 atom stereocenters. The average molecular weight is 264 g/mol. The molecule has 0 saturated carbocycles. The molecule has 0 aromatic carbocycles. The van der Waals surface area contributed by atoms with Crippen LogP contribution in [0, 0.1) is 13.8 Å². The highest BCUT2D eigenvalue weighted by molar-refractivity contribution is 7.11.